The molecule has 2 amide bonds. The van der Waals surface area contributed by atoms with Crippen molar-refractivity contribution in [2.24, 2.45) is 0 Å². The van der Waals surface area contributed by atoms with Crippen molar-refractivity contribution in [1.29, 1.82) is 0 Å². The van der Waals surface area contributed by atoms with Gasteiger partial charge >= 0.3 is 0 Å². The third-order valence-electron chi connectivity index (χ3n) is 6.45. The molecule has 0 aliphatic heterocycles. The summed E-state index contributed by atoms with van der Waals surface area (Å²) in [4.78, 5) is 29.6. The number of rotatable bonds is 8. The SMILES string of the molecule is Cc1ccc([C@H](C(=O)NC2CCCC2)N(C(=O)Cn2nnc(-c3ccc(F)cc3)n2)c2ccccc2F)o1. The van der Waals surface area contributed by atoms with Gasteiger partial charge in [-0.3, -0.25) is 14.5 Å². The first-order valence-electron chi connectivity index (χ1n) is 12.4. The lowest BCUT2D eigenvalue weighted by Gasteiger charge is -2.30. The molecule has 196 valence electrons. The first kappa shape index (κ1) is 25.2. The molecule has 0 spiro atoms. The van der Waals surface area contributed by atoms with Crippen molar-refractivity contribution in [3.8, 4) is 11.4 Å². The van der Waals surface area contributed by atoms with Gasteiger partial charge in [-0.15, -0.1) is 10.2 Å². The van der Waals surface area contributed by atoms with Gasteiger partial charge in [0.25, 0.3) is 11.8 Å². The minimum atomic E-state index is -1.27. The third kappa shape index (κ3) is 5.46. The minimum absolute atomic E-state index is 0.0334. The van der Waals surface area contributed by atoms with Gasteiger partial charge in [-0.1, -0.05) is 25.0 Å². The fraction of sp³-hybridized carbons (Fsp3) is 0.296. The van der Waals surface area contributed by atoms with E-state index in [1.807, 2.05) is 0 Å². The van der Waals surface area contributed by atoms with Gasteiger partial charge in [0.15, 0.2) is 6.04 Å². The van der Waals surface area contributed by atoms with Crippen molar-refractivity contribution in [3.05, 3.63) is 83.8 Å². The van der Waals surface area contributed by atoms with E-state index in [1.165, 1.54) is 42.5 Å². The van der Waals surface area contributed by atoms with Crippen LogP contribution in [0.5, 0.6) is 0 Å². The van der Waals surface area contributed by atoms with Crippen molar-refractivity contribution < 1.29 is 22.8 Å². The molecule has 0 saturated heterocycles. The van der Waals surface area contributed by atoms with Gasteiger partial charge in [-0.2, -0.15) is 4.80 Å². The van der Waals surface area contributed by atoms with Crippen LogP contribution in [-0.4, -0.2) is 38.1 Å². The molecule has 1 atom stereocenters. The van der Waals surface area contributed by atoms with E-state index in [2.05, 4.69) is 20.7 Å². The summed E-state index contributed by atoms with van der Waals surface area (Å²) in [5.74, 6) is -1.28. The molecule has 1 N–H and O–H groups in total. The number of benzene rings is 2. The monoisotopic (exact) mass is 520 g/mol. The number of nitrogens with one attached hydrogen (secondary N) is 1. The number of furan rings is 1. The van der Waals surface area contributed by atoms with Crippen molar-refractivity contribution in [2.45, 2.75) is 51.2 Å². The summed E-state index contributed by atoms with van der Waals surface area (Å²) < 4.78 is 34.2. The zero-order valence-electron chi connectivity index (χ0n) is 20.7. The molecule has 2 heterocycles. The van der Waals surface area contributed by atoms with Gasteiger partial charge in [-0.25, -0.2) is 8.78 Å². The first-order chi connectivity index (χ1) is 18.4. The fourth-order valence-corrected chi connectivity index (χ4v) is 4.61. The van der Waals surface area contributed by atoms with Crippen LogP contribution in [0.3, 0.4) is 0 Å². The molecule has 0 bridgehead atoms. The summed E-state index contributed by atoms with van der Waals surface area (Å²) in [5.41, 5.74) is 0.424. The van der Waals surface area contributed by atoms with Crippen molar-refractivity contribution in [1.82, 2.24) is 25.5 Å². The summed E-state index contributed by atoms with van der Waals surface area (Å²) in [6.45, 7) is 1.29. The zero-order valence-corrected chi connectivity index (χ0v) is 20.7. The van der Waals surface area contributed by atoms with E-state index < -0.39 is 36.0 Å². The average Bonchev–Trinajstić information content (AvgIpc) is 3.67. The summed E-state index contributed by atoms with van der Waals surface area (Å²) in [6, 6.07) is 13.2. The van der Waals surface area contributed by atoms with E-state index in [0.29, 0.717) is 11.3 Å². The first-order valence-corrected chi connectivity index (χ1v) is 12.4. The number of carbonyl (C=O) groups excluding carboxylic acids is 2. The maximum Gasteiger partial charge on any atom is 0.251 e. The molecular weight excluding hydrogens is 494 g/mol. The molecule has 11 heteroatoms. The quantitative estimate of drug-likeness (QED) is 0.370. The number of nitrogens with zero attached hydrogens (tertiary/aromatic N) is 5. The summed E-state index contributed by atoms with van der Waals surface area (Å²) in [6.07, 6.45) is 3.66. The smallest absolute Gasteiger partial charge is 0.251 e. The molecule has 1 saturated carbocycles. The van der Waals surface area contributed by atoms with Crippen molar-refractivity contribution in [2.75, 3.05) is 4.90 Å². The second-order valence-electron chi connectivity index (χ2n) is 9.21. The van der Waals surface area contributed by atoms with Crippen molar-refractivity contribution in [3.63, 3.8) is 0 Å². The van der Waals surface area contributed by atoms with Gasteiger partial charge in [-0.05, 0) is 73.5 Å². The number of halogens is 2. The van der Waals surface area contributed by atoms with Crippen LogP contribution >= 0.6 is 0 Å². The lowest BCUT2D eigenvalue weighted by atomic mass is 10.1. The summed E-state index contributed by atoms with van der Waals surface area (Å²) in [7, 11) is 0. The number of tetrazole rings is 1. The topological polar surface area (TPSA) is 106 Å². The van der Waals surface area contributed by atoms with Crippen LogP contribution in [-0.2, 0) is 16.1 Å². The predicted octanol–water partition coefficient (Wildman–Crippen LogP) is 4.35. The van der Waals surface area contributed by atoms with Crippen molar-refractivity contribution >= 4 is 17.5 Å². The molecule has 1 aliphatic carbocycles. The third-order valence-corrected chi connectivity index (χ3v) is 6.45. The van der Waals surface area contributed by atoms with Gasteiger partial charge in [0.2, 0.25) is 5.82 Å². The molecule has 1 aliphatic rings. The molecule has 38 heavy (non-hydrogen) atoms. The Morgan fingerprint density at radius 2 is 1.82 bits per heavy atom. The van der Waals surface area contributed by atoms with Crippen LogP contribution in [0.2, 0.25) is 0 Å². The van der Waals surface area contributed by atoms with E-state index in [-0.39, 0.29) is 23.3 Å². The highest BCUT2D eigenvalue weighted by Gasteiger charge is 2.37. The van der Waals surface area contributed by atoms with E-state index in [9.17, 15) is 14.0 Å². The van der Waals surface area contributed by atoms with Gasteiger partial charge in [0.05, 0.1) is 5.69 Å². The Labute approximate surface area is 217 Å². The number of hydrogen-bond acceptors (Lipinski definition) is 6. The highest BCUT2D eigenvalue weighted by molar-refractivity contribution is 6.01. The number of amides is 2. The Balaban J connectivity index is 1.49. The average molecular weight is 521 g/mol. The fourth-order valence-electron chi connectivity index (χ4n) is 4.61. The number of anilines is 1. The Bertz CT molecular complexity index is 1430. The second kappa shape index (κ2) is 10.9. The maximum absolute atomic E-state index is 15.1. The number of para-hydroxylation sites is 1. The number of aromatic nitrogens is 4. The normalized spacial score (nSPS) is 14.4. The molecule has 2 aromatic carbocycles. The van der Waals surface area contributed by atoms with E-state index >= 15 is 4.39 Å². The van der Waals surface area contributed by atoms with E-state index in [4.69, 9.17) is 4.42 Å². The highest BCUT2D eigenvalue weighted by Crippen LogP contribution is 2.32. The molecule has 2 aromatic heterocycles. The summed E-state index contributed by atoms with van der Waals surface area (Å²) >= 11 is 0. The van der Waals surface area contributed by atoms with Gasteiger partial charge in [0.1, 0.15) is 29.7 Å². The molecule has 4 aromatic rings. The predicted molar refractivity (Wildman–Crippen MR) is 134 cm³/mol. The standard InChI is InChI=1S/C27H26F2N6O3/c1-17-10-15-23(38-17)25(27(37)30-20-6-2-3-7-20)35(22-9-5-4-8-21(22)29)24(36)16-34-32-26(31-33-34)18-11-13-19(28)14-12-18/h4-5,8-15,20,25H,2-3,6-7,16H2,1H3,(H,30,37)/t25-/m1/s1. The van der Waals surface area contributed by atoms with Crippen LogP contribution in [0.4, 0.5) is 14.5 Å². The van der Waals surface area contributed by atoms with Gasteiger partial charge in [0, 0.05) is 11.6 Å². The Morgan fingerprint density at radius 3 is 2.50 bits per heavy atom. The molecule has 0 radical (unpaired) electrons. The maximum atomic E-state index is 15.1. The minimum Gasteiger partial charge on any atom is -0.464 e. The molecule has 9 nitrogen and oxygen atoms in total. The lowest BCUT2D eigenvalue weighted by Crippen LogP contribution is -2.47. The van der Waals surface area contributed by atoms with Crippen LogP contribution in [0, 0.1) is 18.6 Å². The highest BCUT2D eigenvalue weighted by atomic mass is 19.1. The Hall–Kier alpha value is -4.41. The van der Waals surface area contributed by atoms with Crippen LogP contribution < -0.4 is 10.2 Å². The van der Waals surface area contributed by atoms with Crippen LogP contribution in [0.25, 0.3) is 11.4 Å². The molecule has 5 rings (SSSR count). The van der Waals surface area contributed by atoms with Gasteiger partial charge < -0.3 is 9.73 Å². The molecule has 1 fully saturated rings. The van der Waals surface area contributed by atoms with E-state index in [1.54, 1.807) is 25.1 Å². The number of carbonyl (C=O) groups is 2. The summed E-state index contributed by atoms with van der Waals surface area (Å²) in [5, 5.41) is 15.1. The van der Waals surface area contributed by atoms with Crippen LogP contribution in [0.1, 0.15) is 43.2 Å². The lowest BCUT2D eigenvalue weighted by molar-refractivity contribution is -0.128. The number of hydrogen-bond donors (Lipinski definition) is 1. The number of aryl methyl sites for hydroxylation is 1. The Kier molecular flexibility index (Phi) is 7.25. The zero-order chi connectivity index (χ0) is 26.6. The van der Waals surface area contributed by atoms with E-state index in [0.717, 1.165) is 35.4 Å². The largest absolute Gasteiger partial charge is 0.464 e. The Morgan fingerprint density at radius 1 is 1.08 bits per heavy atom. The second-order valence-corrected chi connectivity index (χ2v) is 9.21. The molecule has 0 unspecified atom stereocenters. The molecular formula is C27H26F2N6O3. The van der Waals surface area contributed by atoms with Crippen LogP contribution in [0.15, 0.2) is 65.1 Å².